The minimum absolute atomic E-state index is 0. The molecular formula is C21H33IN6O2. The highest BCUT2D eigenvalue weighted by Gasteiger charge is 2.20. The fourth-order valence-electron chi connectivity index (χ4n) is 2.64. The number of ether oxygens (including phenoxy) is 1. The smallest absolute Gasteiger partial charge is 0.408 e. The summed E-state index contributed by atoms with van der Waals surface area (Å²) in [6, 6.07) is 11.4. The Morgan fingerprint density at radius 1 is 1.20 bits per heavy atom. The fraction of sp³-hybridized carbons (Fsp3) is 0.476. The van der Waals surface area contributed by atoms with Gasteiger partial charge in [0.15, 0.2) is 5.96 Å². The maximum absolute atomic E-state index is 12.3. The molecule has 9 heteroatoms. The molecule has 1 aromatic heterocycles. The Kier molecular flexibility index (Phi) is 10.6. The number of nitrogens with zero attached hydrogens (tertiary/aromatic N) is 3. The van der Waals surface area contributed by atoms with Crippen molar-refractivity contribution in [3.8, 4) is 0 Å². The zero-order chi connectivity index (χ0) is 21.3. The van der Waals surface area contributed by atoms with Crippen LogP contribution in [0.3, 0.4) is 0 Å². The van der Waals surface area contributed by atoms with Gasteiger partial charge in [-0.25, -0.2) is 9.79 Å². The van der Waals surface area contributed by atoms with Gasteiger partial charge in [0.1, 0.15) is 5.60 Å². The van der Waals surface area contributed by atoms with Crippen molar-refractivity contribution in [2.45, 2.75) is 45.9 Å². The van der Waals surface area contributed by atoms with E-state index in [1.165, 1.54) is 0 Å². The topological polar surface area (TPSA) is 92.6 Å². The first kappa shape index (κ1) is 25.7. The van der Waals surface area contributed by atoms with Gasteiger partial charge in [-0.3, -0.25) is 4.68 Å². The van der Waals surface area contributed by atoms with Crippen LogP contribution in [-0.4, -0.2) is 40.5 Å². The molecule has 0 bridgehead atoms. The molecule has 0 fully saturated rings. The Labute approximate surface area is 195 Å². The lowest BCUT2D eigenvalue weighted by Gasteiger charge is -2.24. The molecule has 1 heterocycles. The quantitative estimate of drug-likeness (QED) is 0.291. The number of hydrogen-bond donors (Lipinski definition) is 3. The van der Waals surface area contributed by atoms with Crippen molar-refractivity contribution in [1.29, 1.82) is 0 Å². The Hall–Kier alpha value is -2.30. The fourth-order valence-corrected chi connectivity index (χ4v) is 2.64. The number of alkyl carbamates (subject to hydrolysis) is 1. The van der Waals surface area contributed by atoms with Crippen molar-refractivity contribution in [3.63, 3.8) is 0 Å². The van der Waals surface area contributed by atoms with Gasteiger partial charge in [0, 0.05) is 26.3 Å². The molecule has 30 heavy (non-hydrogen) atoms. The van der Waals surface area contributed by atoms with Crippen LogP contribution in [-0.2, 0) is 18.3 Å². The summed E-state index contributed by atoms with van der Waals surface area (Å²) in [5.74, 6) is 0.667. The van der Waals surface area contributed by atoms with Crippen LogP contribution in [0, 0.1) is 0 Å². The monoisotopic (exact) mass is 528 g/mol. The van der Waals surface area contributed by atoms with E-state index >= 15 is 0 Å². The van der Waals surface area contributed by atoms with E-state index in [1.54, 1.807) is 10.9 Å². The summed E-state index contributed by atoms with van der Waals surface area (Å²) in [6.07, 6.45) is 1.30. The van der Waals surface area contributed by atoms with Gasteiger partial charge in [0.2, 0.25) is 0 Å². The average molecular weight is 528 g/mol. The van der Waals surface area contributed by atoms with Crippen LogP contribution in [0.15, 0.2) is 47.6 Å². The molecule has 166 valence electrons. The third kappa shape index (κ3) is 9.02. The van der Waals surface area contributed by atoms with Crippen LogP contribution in [0.5, 0.6) is 0 Å². The van der Waals surface area contributed by atoms with Crippen molar-refractivity contribution in [2.24, 2.45) is 12.0 Å². The van der Waals surface area contributed by atoms with Gasteiger partial charge in [-0.2, -0.15) is 5.10 Å². The molecule has 8 nitrogen and oxygen atoms in total. The third-order valence-corrected chi connectivity index (χ3v) is 4.03. The summed E-state index contributed by atoms with van der Waals surface area (Å²) in [4.78, 5) is 16.9. The van der Waals surface area contributed by atoms with Crippen LogP contribution in [0.2, 0.25) is 0 Å². The number of guanidine groups is 1. The summed E-state index contributed by atoms with van der Waals surface area (Å²) in [5, 5.41) is 13.6. The number of hydrogen-bond acceptors (Lipinski definition) is 4. The first-order valence-electron chi connectivity index (χ1n) is 9.82. The number of halogens is 1. The number of aromatic nitrogens is 2. The molecule has 2 aromatic rings. The lowest BCUT2D eigenvalue weighted by molar-refractivity contribution is 0.0504. The summed E-state index contributed by atoms with van der Waals surface area (Å²) >= 11 is 0. The largest absolute Gasteiger partial charge is 0.444 e. The first-order chi connectivity index (χ1) is 13.8. The molecule has 0 saturated heterocycles. The number of benzene rings is 1. The van der Waals surface area contributed by atoms with E-state index in [0.29, 0.717) is 19.0 Å². The molecule has 3 N–H and O–H groups in total. The second-order valence-corrected chi connectivity index (χ2v) is 7.63. The third-order valence-electron chi connectivity index (χ3n) is 4.03. The lowest BCUT2D eigenvalue weighted by Crippen LogP contribution is -2.44. The molecule has 1 atom stereocenters. The number of carbonyl (C=O) groups is 1. The highest BCUT2D eigenvalue weighted by molar-refractivity contribution is 14.0. The minimum Gasteiger partial charge on any atom is -0.444 e. The highest BCUT2D eigenvalue weighted by Crippen LogP contribution is 2.14. The normalized spacial score (nSPS) is 12.5. The Bertz CT molecular complexity index is 801. The van der Waals surface area contributed by atoms with E-state index in [4.69, 9.17) is 4.74 Å². The van der Waals surface area contributed by atoms with Crippen LogP contribution >= 0.6 is 24.0 Å². The Morgan fingerprint density at radius 3 is 2.47 bits per heavy atom. The molecule has 0 aliphatic heterocycles. The highest BCUT2D eigenvalue weighted by atomic mass is 127. The molecule has 1 unspecified atom stereocenters. The standard InChI is InChI=1S/C21H32N6O2.HI/c1-6-22-19(23-14-17-12-13-25-27(17)5)24-15-18(16-10-8-7-9-11-16)26-20(28)29-21(2,3)4;/h7-13,18H,6,14-15H2,1-5H3,(H,26,28)(H2,22,23,24);1H. The van der Waals surface area contributed by atoms with Crippen molar-refractivity contribution in [3.05, 3.63) is 53.9 Å². The molecule has 0 spiro atoms. The molecule has 0 radical (unpaired) electrons. The number of rotatable bonds is 7. The van der Waals surface area contributed by atoms with Crippen LogP contribution in [0.25, 0.3) is 0 Å². The molecule has 0 aliphatic rings. The molecule has 0 aliphatic carbocycles. The number of carbonyl (C=O) groups excluding carboxylic acids is 1. The number of amides is 1. The summed E-state index contributed by atoms with van der Waals surface area (Å²) in [6.45, 7) is 9.23. The average Bonchev–Trinajstić information content (AvgIpc) is 3.07. The summed E-state index contributed by atoms with van der Waals surface area (Å²) in [5.41, 5.74) is 1.43. The zero-order valence-corrected chi connectivity index (χ0v) is 20.6. The van der Waals surface area contributed by atoms with E-state index in [1.807, 2.05) is 71.1 Å². The number of nitrogens with one attached hydrogen (secondary N) is 3. The van der Waals surface area contributed by atoms with Gasteiger partial charge in [-0.05, 0) is 39.3 Å². The van der Waals surface area contributed by atoms with Crippen molar-refractivity contribution >= 4 is 36.0 Å². The van der Waals surface area contributed by atoms with E-state index in [-0.39, 0.29) is 30.0 Å². The lowest BCUT2D eigenvalue weighted by atomic mass is 10.1. The van der Waals surface area contributed by atoms with Gasteiger partial charge >= 0.3 is 6.09 Å². The predicted octanol–water partition coefficient (Wildman–Crippen LogP) is 3.36. The van der Waals surface area contributed by atoms with E-state index in [0.717, 1.165) is 17.8 Å². The first-order valence-corrected chi connectivity index (χ1v) is 9.82. The maximum atomic E-state index is 12.3. The number of aliphatic imine (C=N–C) groups is 1. The molecule has 2 rings (SSSR count). The Balaban J connectivity index is 0.00000450. The molecule has 1 aromatic carbocycles. The molecular weight excluding hydrogens is 495 g/mol. The van der Waals surface area contributed by atoms with Crippen LogP contribution < -0.4 is 16.0 Å². The van der Waals surface area contributed by atoms with Crippen LogP contribution in [0.1, 0.15) is 45.0 Å². The van der Waals surface area contributed by atoms with Gasteiger partial charge in [0.25, 0.3) is 0 Å². The van der Waals surface area contributed by atoms with Crippen molar-refractivity contribution in [2.75, 3.05) is 13.1 Å². The van der Waals surface area contributed by atoms with E-state index in [2.05, 4.69) is 26.0 Å². The number of aryl methyl sites for hydroxylation is 1. The minimum atomic E-state index is -0.557. The van der Waals surface area contributed by atoms with Gasteiger partial charge < -0.3 is 20.7 Å². The second-order valence-electron chi connectivity index (χ2n) is 7.63. The second kappa shape index (κ2) is 12.4. The van der Waals surface area contributed by atoms with Gasteiger partial charge in [0.05, 0.1) is 18.3 Å². The predicted molar refractivity (Wildman–Crippen MR) is 130 cm³/mol. The molecule has 1 amide bonds. The SMILES string of the molecule is CCNC(=NCc1ccnn1C)NCC(NC(=O)OC(C)(C)C)c1ccccc1.I. The van der Waals surface area contributed by atoms with E-state index in [9.17, 15) is 4.79 Å². The van der Waals surface area contributed by atoms with Crippen molar-refractivity contribution in [1.82, 2.24) is 25.7 Å². The zero-order valence-electron chi connectivity index (χ0n) is 18.3. The van der Waals surface area contributed by atoms with Crippen molar-refractivity contribution < 1.29 is 9.53 Å². The summed E-state index contributed by atoms with van der Waals surface area (Å²) < 4.78 is 7.22. The van der Waals surface area contributed by atoms with Gasteiger partial charge in [-0.1, -0.05) is 30.3 Å². The van der Waals surface area contributed by atoms with Gasteiger partial charge in [-0.15, -0.1) is 24.0 Å². The summed E-state index contributed by atoms with van der Waals surface area (Å²) in [7, 11) is 1.89. The Morgan fingerprint density at radius 2 is 1.90 bits per heavy atom. The van der Waals surface area contributed by atoms with Crippen LogP contribution in [0.4, 0.5) is 4.79 Å². The van der Waals surface area contributed by atoms with E-state index < -0.39 is 11.7 Å². The molecule has 0 saturated carbocycles. The maximum Gasteiger partial charge on any atom is 0.408 e.